The molecule has 0 amide bonds. The van der Waals surface area contributed by atoms with Crippen molar-refractivity contribution in [1.29, 1.82) is 0 Å². The molecule has 0 fully saturated rings. The molecule has 0 bridgehead atoms. The van der Waals surface area contributed by atoms with E-state index < -0.39 is 0 Å². The summed E-state index contributed by atoms with van der Waals surface area (Å²) in [5.41, 5.74) is 2.47. The van der Waals surface area contributed by atoms with Crippen LogP contribution in [0.3, 0.4) is 0 Å². The highest BCUT2D eigenvalue weighted by Gasteiger charge is 1.97. The van der Waals surface area contributed by atoms with Gasteiger partial charge in [0.05, 0.1) is 0 Å². The Morgan fingerprint density at radius 3 is 2.65 bits per heavy atom. The molecule has 0 saturated carbocycles. The summed E-state index contributed by atoms with van der Waals surface area (Å²) in [6.45, 7) is 4.16. The fourth-order valence-corrected chi connectivity index (χ4v) is 2.03. The molecular weight excluding hydrogens is 276 g/mol. The van der Waals surface area contributed by atoms with Crippen LogP contribution in [-0.2, 0) is 13.1 Å². The molecule has 2 nitrogen and oxygen atoms in total. The summed E-state index contributed by atoms with van der Waals surface area (Å²) >= 11 is 3.43. The van der Waals surface area contributed by atoms with Crippen molar-refractivity contribution in [1.82, 2.24) is 4.57 Å². The minimum absolute atomic E-state index is 0.873. The van der Waals surface area contributed by atoms with Crippen molar-refractivity contribution in [2.45, 2.75) is 26.4 Å². The van der Waals surface area contributed by atoms with E-state index in [2.05, 4.69) is 63.3 Å². The molecule has 90 valence electrons. The summed E-state index contributed by atoms with van der Waals surface area (Å²) in [5.74, 6) is 0. The summed E-state index contributed by atoms with van der Waals surface area (Å²) in [6.07, 6.45) is 5.52. The van der Waals surface area contributed by atoms with Crippen LogP contribution >= 0.6 is 15.9 Å². The van der Waals surface area contributed by atoms with Crippen molar-refractivity contribution in [3.8, 4) is 0 Å². The molecule has 17 heavy (non-hydrogen) atoms. The van der Waals surface area contributed by atoms with E-state index in [0.717, 1.165) is 23.2 Å². The van der Waals surface area contributed by atoms with E-state index >= 15 is 0 Å². The number of nitrogens with zero attached hydrogens (tertiary/aromatic N) is 1. The third kappa shape index (κ3) is 3.63. The van der Waals surface area contributed by atoms with Gasteiger partial charge in [0.25, 0.3) is 0 Å². The molecule has 3 heteroatoms. The van der Waals surface area contributed by atoms with Crippen LogP contribution in [0.1, 0.15) is 18.9 Å². The first kappa shape index (κ1) is 12.2. The number of nitrogens with one attached hydrogen (secondary N) is 1. The second-order valence-electron chi connectivity index (χ2n) is 4.12. The Kier molecular flexibility index (Phi) is 4.26. The number of rotatable bonds is 5. The van der Waals surface area contributed by atoms with E-state index in [0.29, 0.717) is 0 Å². The van der Waals surface area contributed by atoms with Gasteiger partial charge < -0.3 is 9.88 Å². The second-order valence-corrected chi connectivity index (χ2v) is 5.03. The van der Waals surface area contributed by atoms with Crippen LogP contribution in [-0.4, -0.2) is 4.57 Å². The molecule has 1 N–H and O–H groups in total. The summed E-state index contributed by atoms with van der Waals surface area (Å²) < 4.78 is 3.34. The lowest BCUT2D eigenvalue weighted by Crippen LogP contribution is -1.98. The maximum Gasteiger partial charge on any atom is 0.0415 e. The van der Waals surface area contributed by atoms with Crippen LogP contribution in [0.5, 0.6) is 0 Å². The lowest BCUT2D eigenvalue weighted by atomic mass is 10.3. The lowest BCUT2D eigenvalue weighted by Gasteiger charge is -2.05. The molecular formula is C14H17BrN2. The van der Waals surface area contributed by atoms with Gasteiger partial charge in [-0.25, -0.2) is 0 Å². The third-order valence-corrected chi connectivity index (χ3v) is 3.16. The van der Waals surface area contributed by atoms with Crippen molar-refractivity contribution in [3.63, 3.8) is 0 Å². The highest BCUT2D eigenvalue weighted by molar-refractivity contribution is 9.10. The SMILES string of the molecule is CCCn1ccc(CNc2ccc(Br)cc2)c1. The first-order valence-corrected chi connectivity index (χ1v) is 6.71. The van der Waals surface area contributed by atoms with Gasteiger partial charge in [-0.3, -0.25) is 0 Å². The number of halogens is 1. The fraction of sp³-hybridized carbons (Fsp3) is 0.286. The predicted molar refractivity (Wildman–Crippen MR) is 76.2 cm³/mol. The molecule has 0 atom stereocenters. The van der Waals surface area contributed by atoms with Gasteiger partial charge >= 0.3 is 0 Å². The molecule has 2 rings (SSSR count). The number of anilines is 1. The maximum absolute atomic E-state index is 3.43. The summed E-state index contributed by atoms with van der Waals surface area (Å²) in [7, 11) is 0. The molecule has 0 aliphatic carbocycles. The first-order valence-electron chi connectivity index (χ1n) is 5.92. The average molecular weight is 293 g/mol. The Labute approximate surface area is 111 Å². The van der Waals surface area contributed by atoms with Crippen LogP contribution < -0.4 is 5.32 Å². The summed E-state index contributed by atoms with van der Waals surface area (Å²) in [4.78, 5) is 0. The summed E-state index contributed by atoms with van der Waals surface area (Å²) in [6, 6.07) is 10.4. The van der Waals surface area contributed by atoms with Crippen molar-refractivity contribution in [2.75, 3.05) is 5.32 Å². The van der Waals surface area contributed by atoms with Crippen molar-refractivity contribution >= 4 is 21.6 Å². The van der Waals surface area contributed by atoms with E-state index in [4.69, 9.17) is 0 Å². The van der Waals surface area contributed by atoms with Gasteiger partial charge in [0.15, 0.2) is 0 Å². The molecule has 0 unspecified atom stereocenters. The predicted octanol–water partition coefficient (Wildman–Crippen LogP) is 4.27. The molecule has 0 aliphatic heterocycles. The molecule has 0 radical (unpaired) electrons. The standard InChI is InChI=1S/C14H17BrN2/c1-2-8-17-9-7-12(11-17)10-16-14-5-3-13(15)4-6-14/h3-7,9,11,16H,2,8,10H2,1H3. The summed E-state index contributed by atoms with van der Waals surface area (Å²) in [5, 5.41) is 3.41. The number of aryl methyl sites for hydroxylation is 1. The van der Waals surface area contributed by atoms with Crippen molar-refractivity contribution < 1.29 is 0 Å². The number of hydrogen-bond acceptors (Lipinski definition) is 1. The zero-order valence-corrected chi connectivity index (χ0v) is 11.6. The van der Waals surface area contributed by atoms with Crippen LogP contribution in [0.4, 0.5) is 5.69 Å². The highest BCUT2D eigenvalue weighted by atomic mass is 79.9. The van der Waals surface area contributed by atoms with Gasteiger partial charge in [-0.05, 0) is 42.3 Å². The van der Waals surface area contributed by atoms with Crippen LogP contribution in [0.2, 0.25) is 0 Å². The first-order chi connectivity index (χ1) is 8.28. The van der Waals surface area contributed by atoms with Gasteiger partial charge in [-0.2, -0.15) is 0 Å². The molecule has 1 heterocycles. The van der Waals surface area contributed by atoms with E-state index in [1.54, 1.807) is 0 Å². The van der Waals surface area contributed by atoms with E-state index in [-0.39, 0.29) is 0 Å². The number of hydrogen-bond donors (Lipinski definition) is 1. The van der Waals surface area contributed by atoms with E-state index in [1.165, 1.54) is 12.0 Å². The largest absolute Gasteiger partial charge is 0.381 e. The Morgan fingerprint density at radius 2 is 1.94 bits per heavy atom. The number of benzene rings is 1. The lowest BCUT2D eigenvalue weighted by molar-refractivity contribution is 0.682. The smallest absolute Gasteiger partial charge is 0.0415 e. The normalized spacial score (nSPS) is 10.5. The van der Waals surface area contributed by atoms with Gasteiger partial charge in [0, 0.05) is 35.6 Å². The minimum Gasteiger partial charge on any atom is -0.381 e. The zero-order chi connectivity index (χ0) is 12.1. The van der Waals surface area contributed by atoms with Crippen LogP contribution in [0.15, 0.2) is 47.2 Å². The van der Waals surface area contributed by atoms with Crippen LogP contribution in [0.25, 0.3) is 0 Å². The molecule has 1 aromatic heterocycles. The minimum atomic E-state index is 0.873. The third-order valence-electron chi connectivity index (χ3n) is 2.63. The Bertz CT molecular complexity index is 459. The second kappa shape index (κ2) is 5.92. The van der Waals surface area contributed by atoms with E-state index in [1.807, 2.05) is 12.1 Å². The van der Waals surface area contributed by atoms with Gasteiger partial charge in [0.1, 0.15) is 0 Å². The zero-order valence-electron chi connectivity index (χ0n) is 9.99. The highest BCUT2D eigenvalue weighted by Crippen LogP contribution is 2.15. The molecule has 2 aromatic rings. The average Bonchev–Trinajstić information content (AvgIpc) is 2.77. The molecule has 0 aliphatic rings. The molecule has 0 saturated heterocycles. The maximum atomic E-state index is 3.43. The van der Waals surface area contributed by atoms with Crippen molar-refractivity contribution in [2.24, 2.45) is 0 Å². The fourth-order valence-electron chi connectivity index (χ4n) is 1.76. The Balaban J connectivity index is 1.90. The topological polar surface area (TPSA) is 17.0 Å². The quantitative estimate of drug-likeness (QED) is 0.871. The van der Waals surface area contributed by atoms with Gasteiger partial charge in [0.2, 0.25) is 0 Å². The number of aromatic nitrogens is 1. The van der Waals surface area contributed by atoms with Crippen molar-refractivity contribution in [3.05, 3.63) is 52.8 Å². The van der Waals surface area contributed by atoms with E-state index in [9.17, 15) is 0 Å². The Hall–Kier alpha value is -1.22. The Morgan fingerprint density at radius 1 is 1.18 bits per heavy atom. The molecule has 0 spiro atoms. The molecule has 1 aromatic carbocycles. The van der Waals surface area contributed by atoms with Gasteiger partial charge in [-0.1, -0.05) is 22.9 Å². The monoisotopic (exact) mass is 292 g/mol. The van der Waals surface area contributed by atoms with Crippen LogP contribution in [0, 0.1) is 0 Å². The van der Waals surface area contributed by atoms with Gasteiger partial charge in [-0.15, -0.1) is 0 Å².